The first-order valence-electron chi connectivity index (χ1n) is 4.84. The van der Waals surface area contributed by atoms with Crippen LogP contribution in [0.15, 0.2) is 35.1 Å². The lowest BCUT2D eigenvalue weighted by atomic mass is 10.2. The summed E-state index contributed by atoms with van der Waals surface area (Å²) in [6.07, 6.45) is 3.57. The molecule has 0 bridgehead atoms. The number of nitrogens with two attached hydrogens (primary N) is 1. The molecule has 0 amide bonds. The van der Waals surface area contributed by atoms with Crippen molar-refractivity contribution in [2.24, 2.45) is 5.73 Å². The molecule has 5 heteroatoms. The Labute approximate surface area is 101 Å². The number of nitrogens with zero attached hydrogens (tertiary/aromatic N) is 2. The van der Waals surface area contributed by atoms with Crippen LogP contribution in [-0.2, 0) is 13.1 Å². The smallest absolute Gasteiger partial charge is 0.137 e. The summed E-state index contributed by atoms with van der Waals surface area (Å²) in [6.45, 7) is 1.04. The number of hydrogen-bond acceptors (Lipinski definition) is 2. The highest BCUT2D eigenvalue weighted by Crippen LogP contribution is 2.17. The van der Waals surface area contributed by atoms with Crippen molar-refractivity contribution in [2.45, 2.75) is 13.1 Å². The normalized spacial score (nSPS) is 10.7. The van der Waals surface area contributed by atoms with Gasteiger partial charge in [0.15, 0.2) is 0 Å². The molecule has 0 aliphatic heterocycles. The fourth-order valence-corrected chi connectivity index (χ4v) is 1.93. The zero-order valence-electron chi connectivity index (χ0n) is 8.53. The number of imidazole rings is 1. The lowest BCUT2D eigenvalue weighted by Crippen LogP contribution is -2.08. The van der Waals surface area contributed by atoms with Crippen molar-refractivity contribution >= 4 is 15.9 Å². The molecule has 2 rings (SSSR count). The molecule has 16 heavy (non-hydrogen) atoms. The van der Waals surface area contributed by atoms with Gasteiger partial charge < -0.3 is 10.3 Å². The van der Waals surface area contributed by atoms with E-state index in [0.717, 1.165) is 11.4 Å². The minimum atomic E-state index is -0.256. The molecule has 2 aromatic rings. The summed E-state index contributed by atoms with van der Waals surface area (Å²) < 4.78 is 15.5. The van der Waals surface area contributed by atoms with Crippen molar-refractivity contribution in [1.82, 2.24) is 9.55 Å². The van der Waals surface area contributed by atoms with Gasteiger partial charge in [-0.05, 0) is 33.6 Å². The summed E-state index contributed by atoms with van der Waals surface area (Å²) in [4.78, 5) is 4.12. The molecule has 0 aliphatic rings. The predicted octanol–water partition coefficient (Wildman–Crippen LogP) is 2.29. The van der Waals surface area contributed by atoms with Gasteiger partial charge in [0.05, 0.1) is 11.0 Å². The van der Waals surface area contributed by atoms with Gasteiger partial charge >= 0.3 is 0 Å². The summed E-state index contributed by atoms with van der Waals surface area (Å²) in [7, 11) is 0. The highest BCUT2D eigenvalue weighted by atomic mass is 79.9. The first-order chi connectivity index (χ1) is 7.70. The largest absolute Gasteiger partial charge is 0.329 e. The fraction of sp³-hybridized carbons (Fsp3) is 0.182. The average Bonchev–Trinajstić information content (AvgIpc) is 2.71. The molecule has 0 fully saturated rings. The Morgan fingerprint density at radius 3 is 2.94 bits per heavy atom. The second-order valence-corrected chi connectivity index (χ2v) is 4.28. The van der Waals surface area contributed by atoms with E-state index in [-0.39, 0.29) is 5.82 Å². The predicted molar refractivity (Wildman–Crippen MR) is 63.3 cm³/mol. The SMILES string of the molecule is NCc1nccn1Cc1ccc(F)c(Br)c1. The van der Waals surface area contributed by atoms with E-state index in [4.69, 9.17) is 5.73 Å². The Morgan fingerprint density at radius 2 is 2.25 bits per heavy atom. The molecule has 0 aliphatic carbocycles. The van der Waals surface area contributed by atoms with Gasteiger partial charge in [0.1, 0.15) is 11.6 Å². The van der Waals surface area contributed by atoms with Gasteiger partial charge in [0, 0.05) is 18.9 Å². The van der Waals surface area contributed by atoms with Crippen molar-refractivity contribution < 1.29 is 4.39 Å². The van der Waals surface area contributed by atoms with E-state index in [1.54, 1.807) is 18.3 Å². The van der Waals surface area contributed by atoms with E-state index in [1.165, 1.54) is 6.07 Å². The Hall–Kier alpha value is -1.20. The number of aromatic nitrogens is 2. The second-order valence-electron chi connectivity index (χ2n) is 3.42. The minimum Gasteiger partial charge on any atom is -0.329 e. The van der Waals surface area contributed by atoms with Crippen molar-refractivity contribution in [2.75, 3.05) is 0 Å². The average molecular weight is 284 g/mol. The first-order valence-corrected chi connectivity index (χ1v) is 5.64. The van der Waals surface area contributed by atoms with E-state index >= 15 is 0 Å². The molecule has 1 aromatic heterocycles. The highest BCUT2D eigenvalue weighted by molar-refractivity contribution is 9.10. The van der Waals surface area contributed by atoms with Gasteiger partial charge in [-0.1, -0.05) is 6.07 Å². The van der Waals surface area contributed by atoms with E-state index in [1.807, 2.05) is 10.8 Å². The maximum Gasteiger partial charge on any atom is 0.137 e. The van der Waals surface area contributed by atoms with Crippen molar-refractivity contribution in [3.8, 4) is 0 Å². The zero-order valence-corrected chi connectivity index (χ0v) is 10.1. The number of rotatable bonds is 3. The maximum absolute atomic E-state index is 13.0. The topological polar surface area (TPSA) is 43.8 Å². The molecule has 0 unspecified atom stereocenters. The van der Waals surface area contributed by atoms with Crippen molar-refractivity contribution in [3.05, 3.63) is 52.3 Å². The van der Waals surface area contributed by atoms with Crippen LogP contribution in [0.1, 0.15) is 11.4 Å². The summed E-state index contributed by atoms with van der Waals surface area (Å²) in [5.74, 6) is 0.564. The van der Waals surface area contributed by atoms with Gasteiger partial charge in [-0.15, -0.1) is 0 Å². The Balaban J connectivity index is 2.24. The van der Waals surface area contributed by atoms with Gasteiger partial charge in [-0.3, -0.25) is 0 Å². The standard InChI is InChI=1S/C11H11BrFN3/c12-9-5-8(1-2-10(9)13)7-16-4-3-15-11(16)6-14/h1-5H,6-7,14H2. The third kappa shape index (κ3) is 2.31. The van der Waals surface area contributed by atoms with Crippen LogP contribution >= 0.6 is 15.9 Å². The molecule has 84 valence electrons. The minimum absolute atomic E-state index is 0.256. The van der Waals surface area contributed by atoms with Crippen LogP contribution in [0.2, 0.25) is 0 Å². The van der Waals surface area contributed by atoms with Crippen LogP contribution in [0.25, 0.3) is 0 Å². The van der Waals surface area contributed by atoms with E-state index in [0.29, 0.717) is 17.6 Å². The summed E-state index contributed by atoms with van der Waals surface area (Å²) in [6, 6.07) is 4.95. The second kappa shape index (κ2) is 4.76. The first kappa shape index (κ1) is 11.3. The lowest BCUT2D eigenvalue weighted by Gasteiger charge is -2.07. The van der Waals surface area contributed by atoms with Crippen LogP contribution < -0.4 is 5.73 Å². The molecule has 0 saturated heterocycles. The van der Waals surface area contributed by atoms with Gasteiger partial charge in [-0.25, -0.2) is 9.37 Å². The zero-order chi connectivity index (χ0) is 11.5. The van der Waals surface area contributed by atoms with Crippen LogP contribution in [0, 0.1) is 5.82 Å². The van der Waals surface area contributed by atoms with Crippen molar-refractivity contribution in [1.29, 1.82) is 0 Å². The Kier molecular flexibility index (Phi) is 3.36. The van der Waals surface area contributed by atoms with Crippen LogP contribution in [-0.4, -0.2) is 9.55 Å². The molecule has 1 aromatic carbocycles. The molecule has 0 spiro atoms. The van der Waals surface area contributed by atoms with Gasteiger partial charge in [0.25, 0.3) is 0 Å². The molecule has 0 saturated carbocycles. The van der Waals surface area contributed by atoms with Crippen LogP contribution in [0.3, 0.4) is 0 Å². The van der Waals surface area contributed by atoms with Crippen LogP contribution in [0.4, 0.5) is 4.39 Å². The fourth-order valence-electron chi connectivity index (χ4n) is 1.51. The Morgan fingerprint density at radius 1 is 1.44 bits per heavy atom. The molecule has 2 N–H and O–H groups in total. The molecular formula is C11H11BrFN3. The van der Waals surface area contributed by atoms with Gasteiger partial charge in [0.2, 0.25) is 0 Å². The Bertz CT molecular complexity index is 496. The third-order valence-electron chi connectivity index (χ3n) is 2.32. The van der Waals surface area contributed by atoms with Crippen molar-refractivity contribution in [3.63, 3.8) is 0 Å². The van der Waals surface area contributed by atoms with E-state index < -0.39 is 0 Å². The quantitative estimate of drug-likeness (QED) is 0.939. The summed E-state index contributed by atoms with van der Waals surface area (Å²) in [5.41, 5.74) is 6.55. The van der Waals surface area contributed by atoms with E-state index in [9.17, 15) is 4.39 Å². The maximum atomic E-state index is 13.0. The highest BCUT2D eigenvalue weighted by Gasteiger charge is 2.04. The molecule has 0 atom stereocenters. The number of benzene rings is 1. The lowest BCUT2D eigenvalue weighted by molar-refractivity contribution is 0.619. The van der Waals surface area contributed by atoms with Crippen LogP contribution in [0.5, 0.6) is 0 Å². The summed E-state index contributed by atoms with van der Waals surface area (Å²) >= 11 is 3.16. The third-order valence-corrected chi connectivity index (χ3v) is 2.93. The number of halogens is 2. The van der Waals surface area contributed by atoms with E-state index in [2.05, 4.69) is 20.9 Å². The summed E-state index contributed by atoms with van der Waals surface area (Å²) in [5, 5.41) is 0. The molecule has 0 radical (unpaired) electrons. The molecule has 1 heterocycles. The molecule has 3 nitrogen and oxygen atoms in total. The van der Waals surface area contributed by atoms with Gasteiger partial charge in [-0.2, -0.15) is 0 Å². The molecular weight excluding hydrogens is 273 g/mol. The number of hydrogen-bond donors (Lipinski definition) is 1. The monoisotopic (exact) mass is 283 g/mol.